The van der Waals surface area contributed by atoms with Crippen LogP contribution < -0.4 is 4.83 Å². The van der Waals surface area contributed by atoms with Gasteiger partial charge in [-0.3, -0.25) is 5.10 Å². The van der Waals surface area contributed by atoms with Gasteiger partial charge in [0.25, 0.3) is 10.0 Å². The van der Waals surface area contributed by atoms with Crippen molar-refractivity contribution >= 4 is 16.0 Å². The van der Waals surface area contributed by atoms with E-state index in [4.69, 9.17) is 4.74 Å². The summed E-state index contributed by atoms with van der Waals surface area (Å²) in [5.41, 5.74) is -0.0867. The minimum atomic E-state index is -3.85. The highest BCUT2D eigenvalue weighted by Gasteiger charge is 2.28. The number of esters is 1. The summed E-state index contributed by atoms with van der Waals surface area (Å²) in [5.74, 6) is -0.708. The summed E-state index contributed by atoms with van der Waals surface area (Å²) in [6.07, 6.45) is 4.13. The number of H-pyrrole nitrogens is 1. The summed E-state index contributed by atoms with van der Waals surface area (Å²) in [5, 5.41) is 7.34. The molecule has 2 N–H and O–H groups in total. The highest BCUT2D eigenvalue weighted by molar-refractivity contribution is 7.89. The van der Waals surface area contributed by atoms with Crippen molar-refractivity contribution in [3.8, 4) is 0 Å². The molecular formula is C11H18N4O4S. The summed E-state index contributed by atoms with van der Waals surface area (Å²) in [6, 6.07) is 0. The highest BCUT2D eigenvalue weighted by atomic mass is 32.2. The summed E-state index contributed by atoms with van der Waals surface area (Å²) in [4.78, 5) is 14.1. The largest absolute Gasteiger partial charge is 0.462 e. The molecule has 1 aliphatic rings. The van der Waals surface area contributed by atoms with Crippen LogP contribution in [0.5, 0.6) is 0 Å². The smallest absolute Gasteiger partial charge is 0.342 e. The van der Waals surface area contributed by atoms with Gasteiger partial charge in [-0.1, -0.05) is 6.42 Å². The van der Waals surface area contributed by atoms with E-state index in [1.807, 2.05) is 0 Å². The van der Waals surface area contributed by atoms with Gasteiger partial charge in [0.1, 0.15) is 5.56 Å². The van der Waals surface area contributed by atoms with E-state index in [-0.39, 0.29) is 17.2 Å². The van der Waals surface area contributed by atoms with Gasteiger partial charge >= 0.3 is 5.97 Å². The molecule has 0 unspecified atom stereocenters. The number of ether oxygens (including phenoxy) is 1. The average Bonchev–Trinajstić information content (AvgIpc) is 2.90. The molecule has 1 fully saturated rings. The second kappa shape index (κ2) is 6.33. The number of carbonyl (C=O) groups excluding carboxylic acids is 1. The SMILES string of the molecule is CCOC(=O)c1cn[nH]c1S(=O)(=O)NN1CCCCC1. The first kappa shape index (κ1) is 14.9. The topological polar surface area (TPSA) is 104 Å². The fraction of sp³-hybridized carbons (Fsp3) is 0.636. The third-order valence-electron chi connectivity index (χ3n) is 2.97. The number of piperidine rings is 1. The first-order chi connectivity index (χ1) is 9.54. The van der Waals surface area contributed by atoms with Crippen LogP contribution in [0.3, 0.4) is 0 Å². The Balaban J connectivity index is 2.17. The number of carbonyl (C=O) groups is 1. The molecule has 0 aliphatic carbocycles. The molecule has 1 saturated heterocycles. The molecule has 0 atom stereocenters. The Hall–Kier alpha value is -1.45. The zero-order chi connectivity index (χ0) is 14.6. The van der Waals surface area contributed by atoms with Crippen LogP contribution in [0.25, 0.3) is 0 Å². The van der Waals surface area contributed by atoms with Gasteiger partial charge in [-0.25, -0.2) is 18.2 Å². The molecule has 1 aliphatic heterocycles. The number of aromatic nitrogens is 2. The van der Waals surface area contributed by atoms with Crippen molar-refractivity contribution in [3.63, 3.8) is 0 Å². The number of rotatable bonds is 5. The lowest BCUT2D eigenvalue weighted by Crippen LogP contribution is -2.45. The van der Waals surface area contributed by atoms with Gasteiger partial charge in [-0.2, -0.15) is 5.10 Å². The Morgan fingerprint density at radius 3 is 2.80 bits per heavy atom. The predicted molar refractivity (Wildman–Crippen MR) is 70.3 cm³/mol. The van der Waals surface area contributed by atoms with E-state index < -0.39 is 16.0 Å². The molecule has 112 valence electrons. The first-order valence-electron chi connectivity index (χ1n) is 6.52. The standard InChI is InChI=1S/C11H18N4O4S/c1-2-19-11(16)9-8-12-13-10(9)20(17,18)14-15-6-4-3-5-7-15/h8,14H,2-7H2,1H3,(H,12,13). The van der Waals surface area contributed by atoms with Crippen LogP contribution in [-0.4, -0.2) is 49.3 Å². The third-order valence-corrected chi connectivity index (χ3v) is 4.32. The number of hydrogen-bond donors (Lipinski definition) is 2. The molecule has 2 rings (SSSR count). The van der Waals surface area contributed by atoms with Crippen molar-refractivity contribution in [3.05, 3.63) is 11.8 Å². The van der Waals surface area contributed by atoms with E-state index >= 15 is 0 Å². The second-order valence-corrected chi connectivity index (χ2v) is 6.07. The number of hydrazine groups is 1. The van der Waals surface area contributed by atoms with Crippen LogP contribution >= 0.6 is 0 Å². The molecule has 9 heteroatoms. The molecule has 20 heavy (non-hydrogen) atoms. The number of nitrogens with one attached hydrogen (secondary N) is 2. The van der Waals surface area contributed by atoms with Crippen molar-refractivity contribution in [2.45, 2.75) is 31.2 Å². The molecule has 8 nitrogen and oxygen atoms in total. The Bertz CT molecular complexity index is 563. The van der Waals surface area contributed by atoms with Gasteiger partial charge < -0.3 is 4.74 Å². The van der Waals surface area contributed by atoms with E-state index in [1.165, 1.54) is 0 Å². The van der Waals surface area contributed by atoms with E-state index in [9.17, 15) is 13.2 Å². The van der Waals surface area contributed by atoms with Crippen LogP contribution in [0.15, 0.2) is 11.2 Å². The van der Waals surface area contributed by atoms with Crippen molar-refractivity contribution < 1.29 is 17.9 Å². The Morgan fingerprint density at radius 1 is 1.45 bits per heavy atom. The zero-order valence-electron chi connectivity index (χ0n) is 11.3. The van der Waals surface area contributed by atoms with E-state index in [0.29, 0.717) is 13.1 Å². The molecule has 1 aromatic rings. The molecule has 1 aromatic heterocycles. The minimum absolute atomic E-state index is 0.0867. The maximum absolute atomic E-state index is 12.3. The average molecular weight is 302 g/mol. The molecule has 0 aromatic carbocycles. The summed E-state index contributed by atoms with van der Waals surface area (Å²) >= 11 is 0. The van der Waals surface area contributed by atoms with Gasteiger partial charge in [0, 0.05) is 13.1 Å². The lowest BCUT2D eigenvalue weighted by molar-refractivity contribution is 0.0521. The fourth-order valence-electron chi connectivity index (χ4n) is 2.03. The van der Waals surface area contributed by atoms with E-state index in [2.05, 4.69) is 15.0 Å². The van der Waals surface area contributed by atoms with Gasteiger partial charge in [-0.15, -0.1) is 4.83 Å². The number of aromatic amines is 1. The maximum atomic E-state index is 12.3. The van der Waals surface area contributed by atoms with Crippen LogP contribution in [-0.2, 0) is 14.8 Å². The zero-order valence-corrected chi connectivity index (χ0v) is 12.1. The van der Waals surface area contributed by atoms with E-state index in [0.717, 1.165) is 25.5 Å². The summed E-state index contributed by atoms with van der Waals surface area (Å²) < 4.78 is 29.3. The molecule has 0 spiro atoms. The van der Waals surface area contributed by atoms with Crippen molar-refractivity contribution in [2.24, 2.45) is 0 Å². The van der Waals surface area contributed by atoms with E-state index in [1.54, 1.807) is 11.9 Å². The number of nitrogens with zero attached hydrogens (tertiary/aromatic N) is 2. The van der Waals surface area contributed by atoms with Gasteiger partial charge in [0.15, 0.2) is 5.03 Å². The van der Waals surface area contributed by atoms with Crippen molar-refractivity contribution in [1.29, 1.82) is 0 Å². The number of hydrogen-bond acceptors (Lipinski definition) is 6. The quantitative estimate of drug-likeness (QED) is 0.756. The highest BCUT2D eigenvalue weighted by Crippen LogP contribution is 2.15. The van der Waals surface area contributed by atoms with Crippen LogP contribution in [0.4, 0.5) is 0 Å². The summed E-state index contributed by atoms with van der Waals surface area (Å²) in [6.45, 7) is 3.13. The maximum Gasteiger partial charge on any atom is 0.342 e. The van der Waals surface area contributed by atoms with Gasteiger partial charge in [0.05, 0.1) is 12.8 Å². The van der Waals surface area contributed by atoms with Crippen LogP contribution in [0.1, 0.15) is 36.5 Å². The van der Waals surface area contributed by atoms with Crippen LogP contribution in [0, 0.1) is 0 Å². The molecular weight excluding hydrogens is 284 g/mol. The van der Waals surface area contributed by atoms with Crippen molar-refractivity contribution in [1.82, 2.24) is 20.0 Å². The molecule has 0 radical (unpaired) electrons. The summed E-state index contributed by atoms with van der Waals surface area (Å²) in [7, 11) is -3.85. The lowest BCUT2D eigenvalue weighted by Gasteiger charge is -2.26. The predicted octanol–water partition coefficient (Wildman–Crippen LogP) is 0.266. The normalized spacial score (nSPS) is 17.1. The number of sulfonamides is 1. The molecule has 0 amide bonds. The van der Waals surface area contributed by atoms with Gasteiger partial charge in [-0.05, 0) is 19.8 Å². The Morgan fingerprint density at radius 2 is 2.15 bits per heavy atom. The minimum Gasteiger partial charge on any atom is -0.462 e. The van der Waals surface area contributed by atoms with Crippen LogP contribution in [0.2, 0.25) is 0 Å². The third kappa shape index (κ3) is 3.35. The lowest BCUT2D eigenvalue weighted by atomic mass is 10.2. The molecule has 2 heterocycles. The van der Waals surface area contributed by atoms with Gasteiger partial charge in [0.2, 0.25) is 0 Å². The fourth-order valence-corrected chi connectivity index (χ4v) is 3.25. The molecule has 0 saturated carbocycles. The second-order valence-electron chi connectivity index (χ2n) is 4.48. The van der Waals surface area contributed by atoms with Crippen molar-refractivity contribution in [2.75, 3.05) is 19.7 Å². The monoisotopic (exact) mass is 302 g/mol. The molecule has 0 bridgehead atoms. The Labute approximate surface area is 117 Å². The first-order valence-corrected chi connectivity index (χ1v) is 8.01. The Kier molecular flexibility index (Phi) is 4.73.